The van der Waals surface area contributed by atoms with Crippen molar-refractivity contribution in [2.45, 2.75) is 6.54 Å². The van der Waals surface area contributed by atoms with Crippen LogP contribution in [0.15, 0.2) is 36.5 Å². The second-order valence-electron chi connectivity index (χ2n) is 5.71. The van der Waals surface area contributed by atoms with Crippen LogP contribution in [-0.2, 0) is 11.3 Å². The van der Waals surface area contributed by atoms with Crippen LogP contribution in [0.5, 0.6) is 0 Å². The smallest absolute Gasteiger partial charge is 0.252 e. The fraction of sp³-hybridized carbons (Fsp3) is 0.333. The monoisotopic (exact) mass is 346 g/mol. The van der Waals surface area contributed by atoms with Crippen LogP contribution in [0, 0.1) is 5.82 Å². The number of nitrogens with one attached hydrogen (secondary N) is 2. The molecule has 0 radical (unpaired) electrons. The van der Waals surface area contributed by atoms with Crippen LogP contribution in [0.1, 0.15) is 15.9 Å². The normalized spacial score (nSPS) is 10.4. The topological polar surface area (TPSA) is 66.5 Å². The predicted molar refractivity (Wildman–Crippen MR) is 96.5 cm³/mol. The maximum atomic E-state index is 14.0. The molecule has 2 N–H and O–H groups in total. The van der Waals surface area contributed by atoms with Crippen molar-refractivity contribution in [2.24, 2.45) is 0 Å². The molecule has 1 heterocycles. The first-order valence-corrected chi connectivity index (χ1v) is 7.94. The zero-order valence-corrected chi connectivity index (χ0v) is 14.7. The van der Waals surface area contributed by atoms with Crippen LogP contribution in [0.4, 0.5) is 15.9 Å². The molecule has 0 saturated carbocycles. The fourth-order valence-electron chi connectivity index (χ4n) is 2.22. The number of hydrogen-bond donors (Lipinski definition) is 2. The summed E-state index contributed by atoms with van der Waals surface area (Å²) in [4.78, 5) is 17.8. The highest BCUT2D eigenvalue weighted by Crippen LogP contribution is 2.18. The van der Waals surface area contributed by atoms with Gasteiger partial charge in [-0.15, -0.1) is 0 Å². The third kappa shape index (κ3) is 5.42. The minimum Gasteiger partial charge on any atom is -0.383 e. The summed E-state index contributed by atoms with van der Waals surface area (Å²) in [6, 6.07) is 8.51. The molecule has 0 aliphatic carbocycles. The molecule has 0 fully saturated rings. The van der Waals surface area contributed by atoms with E-state index in [0.29, 0.717) is 36.8 Å². The van der Waals surface area contributed by atoms with E-state index >= 15 is 0 Å². The van der Waals surface area contributed by atoms with E-state index in [2.05, 4.69) is 15.6 Å². The molecule has 1 aromatic carbocycles. The standard InChI is InChI=1S/C18H23FN4O2/c1-23(2)16-6-4-13(10-15(16)19)11-21-17-7-5-14(12-22-17)18(24)20-8-9-25-3/h4-7,10,12H,8-9,11H2,1-3H3,(H,20,24)(H,21,22). The third-order valence-corrected chi connectivity index (χ3v) is 3.58. The number of ether oxygens (including phenoxy) is 1. The number of halogens is 1. The maximum Gasteiger partial charge on any atom is 0.252 e. The first kappa shape index (κ1) is 18.7. The first-order valence-electron chi connectivity index (χ1n) is 7.94. The van der Waals surface area contributed by atoms with Crippen molar-refractivity contribution in [1.82, 2.24) is 10.3 Å². The van der Waals surface area contributed by atoms with Gasteiger partial charge in [0, 0.05) is 40.5 Å². The fourth-order valence-corrected chi connectivity index (χ4v) is 2.22. The van der Waals surface area contributed by atoms with Crippen molar-refractivity contribution in [1.29, 1.82) is 0 Å². The van der Waals surface area contributed by atoms with Gasteiger partial charge >= 0.3 is 0 Å². The SMILES string of the molecule is COCCNC(=O)c1ccc(NCc2ccc(N(C)C)c(F)c2)nc1. The summed E-state index contributed by atoms with van der Waals surface area (Å²) in [5, 5.41) is 5.84. The first-order chi connectivity index (χ1) is 12.0. The van der Waals surface area contributed by atoms with Gasteiger partial charge in [-0.2, -0.15) is 0 Å². The third-order valence-electron chi connectivity index (χ3n) is 3.58. The molecule has 1 aromatic heterocycles. The van der Waals surface area contributed by atoms with Crippen LogP contribution in [-0.4, -0.2) is 45.2 Å². The lowest BCUT2D eigenvalue weighted by Crippen LogP contribution is -2.27. The van der Waals surface area contributed by atoms with Gasteiger partial charge in [-0.3, -0.25) is 4.79 Å². The van der Waals surface area contributed by atoms with E-state index in [0.717, 1.165) is 5.56 Å². The van der Waals surface area contributed by atoms with Gasteiger partial charge < -0.3 is 20.3 Å². The zero-order chi connectivity index (χ0) is 18.2. The van der Waals surface area contributed by atoms with E-state index < -0.39 is 0 Å². The number of hydrogen-bond acceptors (Lipinski definition) is 5. The van der Waals surface area contributed by atoms with Crippen molar-refractivity contribution in [3.05, 3.63) is 53.5 Å². The van der Waals surface area contributed by atoms with Gasteiger partial charge in [-0.1, -0.05) is 6.07 Å². The van der Waals surface area contributed by atoms with Crippen molar-refractivity contribution >= 4 is 17.4 Å². The van der Waals surface area contributed by atoms with Gasteiger partial charge in [-0.25, -0.2) is 9.37 Å². The van der Waals surface area contributed by atoms with Crippen LogP contribution in [0.3, 0.4) is 0 Å². The summed E-state index contributed by atoms with van der Waals surface area (Å²) < 4.78 is 18.8. The van der Waals surface area contributed by atoms with Crippen LogP contribution in [0.25, 0.3) is 0 Å². The van der Waals surface area contributed by atoms with Gasteiger partial charge in [0.2, 0.25) is 0 Å². The number of aromatic nitrogens is 1. The largest absolute Gasteiger partial charge is 0.383 e. The lowest BCUT2D eigenvalue weighted by Gasteiger charge is -2.14. The number of rotatable bonds is 8. The van der Waals surface area contributed by atoms with Gasteiger partial charge in [0.15, 0.2) is 0 Å². The molecule has 0 aliphatic heterocycles. The Hall–Kier alpha value is -2.67. The van der Waals surface area contributed by atoms with Gasteiger partial charge in [0.05, 0.1) is 17.9 Å². The molecule has 0 atom stereocenters. The second-order valence-corrected chi connectivity index (χ2v) is 5.71. The van der Waals surface area contributed by atoms with Crippen LogP contribution in [0.2, 0.25) is 0 Å². The molecule has 0 spiro atoms. The Morgan fingerprint density at radius 1 is 1.28 bits per heavy atom. The molecule has 2 rings (SSSR count). The van der Waals surface area contributed by atoms with E-state index in [-0.39, 0.29) is 11.7 Å². The van der Waals surface area contributed by atoms with Gasteiger partial charge in [0.25, 0.3) is 5.91 Å². The molecule has 25 heavy (non-hydrogen) atoms. The summed E-state index contributed by atoms with van der Waals surface area (Å²) in [6.45, 7) is 1.35. The lowest BCUT2D eigenvalue weighted by molar-refractivity contribution is 0.0937. The summed E-state index contributed by atoms with van der Waals surface area (Å²) >= 11 is 0. The number of pyridine rings is 1. The number of methoxy groups -OCH3 is 1. The molecule has 134 valence electrons. The summed E-state index contributed by atoms with van der Waals surface area (Å²) in [5.41, 5.74) is 1.83. The van der Waals surface area contributed by atoms with Gasteiger partial charge in [-0.05, 0) is 29.8 Å². The Kier molecular flexibility index (Phi) is 6.71. The molecule has 0 aliphatic rings. The predicted octanol–water partition coefficient (Wildman–Crippen LogP) is 2.28. The number of amides is 1. The molecule has 0 saturated heterocycles. The van der Waals surface area contributed by atoms with Crippen molar-refractivity contribution in [2.75, 3.05) is 44.6 Å². The molecular weight excluding hydrogens is 323 g/mol. The molecule has 6 nitrogen and oxygen atoms in total. The molecule has 1 amide bonds. The highest BCUT2D eigenvalue weighted by atomic mass is 19.1. The van der Waals surface area contributed by atoms with Crippen LogP contribution < -0.4 is 15.5 Å². The van der Waals surface area contributed by atoms with E-state index in [4.69, 9.17) is 4.74 Å². The number of carbonyl (C=O) groups is 1. The number of benzene rings is 1. The molecular formula is C18H23FN4O2. The van der Waals surface area contributed by atoms with Crippen molar-refractivity contribution in [3.63, 3.8) is 0 Å². The van der Waals surface area contributed by atoms with E-state index in [9.17, 15) is 9.18 Å². The van der Waals surface area contributed by atoms with Crippen molar-refractivity contribution < 1.29 is 13.9 Å². The number of carbonyl (C=O) groups excluding carboxylic acids is 1. The summed E-state index contributed by atoms with van der Waals surface area (Å²) in [5.74, 6) is 0.156. The minimum absolute atomic E-state index is 0.197. The second kappa shape index (κ2) is 8.98. The average molecular weight is 346 g/mol. The maximum absolute atomic E-state index is 14.0. The zero-order valence-electron chi connectivity index (χ0n) is 14.7. The van der Waals surface area contributed by atoms with Gasteiger partial charge in [0.1, 0.15) is 11.6 Å². The Balaban J connectivity index is 1.91. The Labute approximate surface area is 147 Å². The highest BCUT2D eigenvalue weighted by Gasteiger charge is 2.07. The Bertz CT molecular complexity index is 705. The Morgan fingerprint density at radius 3 is 2.68 bits per heavy atom. The molecule has 2 aromatic rings. The lowest BCUT2D eigenvalue weighted by atomic mass is 10.2. The van der Waals surface area contributed by atoms with Crippen LogP contribution >= 0.6 is 0 Å². The summed E-state index contributed by atoms with van der Waals surface area (Å²) in [7, 11) is 5.18. The van der Waals surface area contributed by atoms with E-state index in [1.54, 1.807) is 44.3 Å². The highest BCUT2D eigenvalue weighted by molar-refractivity contribution is 5.94. The van der Waals surface area contributed by atoms with Crippen molar-refractivity contribution in [3.8, 4) is 0 Å². The average Bonchev–Trinajstić information content (AvgIpc) is 2.60. The number of nitrogens with zero attached hydrogens (tertiary/aromatic N) is 2. The Morgan fingerprint density at radius 2 is 2.08 bits per heavy atom. The molecule has 7 heteroatoms. The van der Waals surface area contributed by atoms with E-state index in [1.807, 2.05) is 6.07 Å². The molecule has 0 unspecified atom stereocenters. The quantitative estimate of drug-likeness (QED) is 0.718. The number of anilines is 2. The molecule has 0 bridgehead atoms. The van der Waals surface area contributed by atoms with E-state index in [1.165, 1.54) is 12.3 Å². The summed E-state index contributed by atoms with van der Waals surface area (Å²) in [6.07, 6.45) is 1.50. The minimum atomic E-state index is -0.264.